The number of rotatable bonds is 1. The van der Waals surface area contributed by atoms with Crippen molar-refractivity contribution in [2.75, 3.05) is 7.11 Å². The van der Waals surface area contributed by atoms with Crippen LogP contribution in [0.5, 0.6) is 0 Å². The molecule has 2 heterocycles. The predicted molar refractivity (Wildman–Crippen MR) is 71.1 cm³/mol. The fraction of sp³-hybridized carbons (Fsp3) is 0.400. The monoisotopic (exact) mass is 243 g/mol. The van der Waals surface area contributed by atoms with Gasteiger partial charge in [0.2, 0.25) is 0 Å². The summed E-state index contributed by atoms with van der Waals surface area (Å²) in [6, 6.07) is 4.30. The molecule has 0 atom stereocenters. The van der Waals surface area contributed by atoms with Gasteiger partial charge in [0.15, 0.2) is 0 Å². The van der Waals surface area contributed by atoms with Crippen molar-refractivity contribution in [3.8, 4) is 0 Å². The smallest absolute Gasteiger partial charge is 0.340 e. The van der Waals surface area contributed by atoms with Crippen molar-refractivity contribution in [2.24, 2.45) is 0 Å². The average Bonchev–Trinajstić information content (AvgIpc) is 2.89. The Kier molecular flexibility index (Phi) is 2.44. The van der Waals surface area contributed by atoms with E-state index in [0.717, 1.165) is 41.6 Å². The number of esters is 1. The summed E-state index contributed by atoms with van der Waals surface area (Å²) in [5, 5.41) is 1.07. The maximum absolute atomic E-state index is 12.0. The Morgan fingerprint density at radius 1 is 1.33 bits per heavy atom. The first-order valence-corrected chi connectivity index (χ1v) is 6.34. The van der Waals surface area contributed by atoms with Crippen LogP contribution in [0.3, 0.4) is 0 Å². The highest BCUT2D eigenvalue weighted by molar-refractivity contribution is 6.07. The minimum atomic E-state index is -0.206. The van der Waals surface area contributed by atoms with Crippen LogP contribution in [0.15, 0.2) is 12.1 Å². The van der Waals surface area contributed by atoms with Crippen molar-refractivity contribution in [2.45, 2.75) is 33.2 Å². The van der Waals surface area contributed by atoms with Gasteiger partial charge in [0, 0.05) is 23.1 Å². The van der Waals surface area contributed by atoms with Gasteiger partial charge in [-0.05, 0) is 43.9 Å². The quantitative estimate of drug-likeness (QED) is 0.721. The molecule has 0 amide bonds. The minimum absolute atomic E-state index is 0.206. The SMILES string of the molecule is COC(=O)c1c2n(c3cc(C)cc(C)c13)CCC2. The highest BCUT2D eigenvalue weighted by Gasteiger charge is 2.26. The number of nitrogens with zero attached hydrogens (tertiary/aromatic N) is 1. The Balaban J connectivity index is 2.44. The second-order valence-electron chi connectivity index (χ2n) is 5.04. The summed E-state index contributed by atoms with van der Waals surface area (Å²) in [6.07, 6.45) is 2.08. The number of methoxy groups -OCH3 is 1. The van der Waals surface area contributed by atoms with Crippen LogP contribution >= 0.6 is 0 Å². The molecular weight excluding hydrogens is 226 g/mol. The molecule has 0 N–H and O–H groups in total. The number of fused-ring (bicyclic) bond motifs is 3. The number of hydrogen-bond acceptors (Lipinski definition) is 2. The van der Waals surface area contributed by atoms with Crippen molar-refractivity contribution in [3.63, 3.8) is 0 Å². The van der Waals surface area contributed by atoms with E-state index < -0.39 is 0 Å². The number of hydrogen-bond donors (Lipinski definition) is 0. The van der Waals surface area contributed by atoms with Gasteiger partial charge in [-0.25, -0.2) is 4.79 Å². The molecule has 3 rings (SSSR count). The van der Waals surface area contributed by atoms with E-state index >= 15 is 0 Å². The van der Waals surface area contributed by atoms with Crippen LogP contribution in [0.2, 0.25) is 0 Å². The third kappa shape index (κ3) is 1.40. The molecule has 0 bridgehead atoms. The lowest BCUT2D eigenvalue weighted by Gasteiger charge is -2.04. The molecule has 2 aromatic rings. The molecule has 94 valence electrons. The molecular formula is C15H17NO2. The first-order chi connectivity index (χ1) is 8.63. The van der Waals surface area contributed by atoms with Crippen LogP contribution in [-0.2, 0) is 17.7 Å². The summed E-state index contributed by atoms with van der Waals surface area (Å²) < 4.78 is 7.24. The van der Waals surface area contributed by atoms with E-state index in [1.807, 2.05) is 0 Å². The van der Waals surface area contributed by atoms with Crippen molar-refractivity contribution < 1.29 is 9.53 Å². The van der Waals surface area contributed by atoms with E-state index in [1.54, 1.807) is 0 Å². The fourth-order valence-corrected chi connectivity index (χ4v) is 3.15. The van der Waals surface area contributed by atoms with E-state index in [9.17, 15) is 4.79 Å². The van der Waals surface area contributed by atoms with E-state index in [0.29, 0.717) is 0 Å². The van der Waals surface area contributed by atoms with Gasteiger partial charge < -0.3 is 9.30 Å². The molecule has 1 aromatic carbocycles. The Morgan fingerprint density at radius 2 is 2.11 bits per heavy atom. The topological polar surface area (TPSA) is 31.2 Å². The molecule has 0 spiro atoms. The van der Waals surface area contributed by atoms with Crippen molar-refractivity contribution in [3.05, 3.63) is 34.5 Å². The number of ether oxygens (including phenoxy) is 1. The maximum atomic E-state index is 12.0. The third-order valence-electron chi connectivity index (χ3n) is 3.80. The molecule has 0 radical (unpaired) electrons. The van der Waals surface area contributed by atoms with E-state index in [-0.39, 0.29) is 5.97 Å². The van der Waals surface area contributed by atoms with Crippen LogP contribution in [0.4, 0.5) is 0 Å². The Bertz CT molecular complexity index is 652. The first-order valence-electron chi connectivity index (χ1n) is 6.34. The summed E-state index contributed by atoms with van der Waals surface area (Å²) in [4.78, 5) is 12.0. The first kappa shape index (κ1) is 11.3. The molecule has 1 aromatic heterocycles. The van der Waals surface area contributed by atoms with E-state index in [4.69, 9.17) is 4.74 Å². The molecule has 3 nitrogen and oxygen atoms in total. The summed E-state index contributed by atoms with van der Waals surface area (Å²) in [5.41, 5.74) is 5.50. The summed E-state index contributed by atoms with van der Waals surface area (Å²) in [5.74, 6) is -0.206. The average molecular weight is 243 g/mol. The zero-order valence-electron chi connectivity index (χ0n) is 11.0. The number of aryl methyl sites for hydroxylation is 3. The third-order valence-corrected chi connectivity index (χ3v) is 3.80. The van der Waals surface area contributed by atoms with Crippen LogP contribution in [0, 0.1) is 13.8 Å². The lowest BCUT2D eigenvalue weighted by molar-refractivity contribution is 0.0601. The zero-order chi connectivity index (χ0) is 12.9. The highest BCUT2D eigenvalue weighted by Crippen LogP contribution is 2.34. The largest absolute Gasteiger partial charge is 0.465 e. The Labute approximate surface area is 106 Å². The molecule has 0 saturated carbocycles. The molecule has 0 fully saturated rings. The summed E-state index contributed by atoms with van der Waals surface area (Å²) >= 11 is 0. The van der Waals surface area contributed by atoms with Crippen LogP contribution < -0.4 is 0 Å². The second-order valence-corrected chi connectivity index (χ2v) is 5.04. The van der Waals surface area contributed by atoms with Gasteiger partial charge in [-0.15, -0.1) is 0 Å². The number of benzene rings is 1. The van der Waals surface area contributed by atoms with Gasteiger partial charge in [0.05, 0.1) is 12.7 Å². The van der Waals surface area contributed by atoms with E-state index in [2.05, 4.69) is 30.5 Å². The van der Waals surface area contributed by atoms with Gasteiger partial charge in [-0.1, -0.05) is 6.07 Å². The molecule has 0 unspecified atom stereocenters. The standard InChI is InChI=1S/C15H17NO2/c1-9-7-10(2)13-12(8-9)16-6-4-5-11(16)14(13)15(17)18-3/h7-8H,4-6H2,1-3H3. The highest BCUT2D eigenvalue weighted by atomic mass is 16.5. The minimum Gasteiger partial charge on any atom is -0.465 e. The molecule has 18 heavy (non-hydrogen) atoms. The Hall–Kier alpha value is -1.77. The van der Waals surface area contributed by atoms with Crippen molar-refractivity contribution in [1.82, 2.24) is 4.57 Å². The molecule has 1 aliphatic heterocycles. The predicted octanol–water partition coefficient (Wildman–Crippen LogP) is 2.99. The van der Waals surface area contributed by atoms with Crippen LogP contribution in [0.25, 0.3) is 10.9 Å². The molecule has 3 heteroatoms. The number of carbonyl (C=O) groups excluding carboxylic acids is 1. The number of carbonyl (C=O) groups is 1. The fourth-order valence-electron chi connectivity index (χ4n) is 3.15. The molecule has 0 saturated heterocycles. The van der Waals surface area contributed by atoms with Gasteiger partial charge in [0.25, 0.3) is 0 Å². The van der Waals surface area contributed by atoms with Crippen molar-refractivity contribution in [1.29, 1.82) is 0 Å². The summed E-state index contributed by atoms with van der Waals surface area (Å²) in [6.45, 7) is 5.17. The lowest BCUT2D eigenvalue weighted by Crippen LogP contribution is -2.04. The molecule has 0 aliphatic carbocycles. The maximum Gasteiger partial charge on any atom is 0.340 e. The van der Waals surface area contributed by atoms with Gasteiger partial charge in [-0.2, -0.15) is 0 Å². The van der Waals surface area contributed by atoms with E-state index in [1.165, 1.54) is 18.2 Å². The van der Waals surface area contributed by atoms with Crippen LogP contribution in [0.1, 0.15) is 33.6 Å². The van der Waals surface area contributed by atoms with Gasteiger partial charge in [0.1, 0.15) is 0 Å². The van der Waals surface area contributed by atoms with Crippen LogP contribution in [-0.4, -0.2) is 17.6 Å². The normalized spacial score (nSPS) is 13.9. The Morgan fingerprint density at radius 3 is 2.83 bits per heavy atom. The van der Waals surface area contributed by atoms with Gasteiger partial charge in [-0.3, -0.25) is 0 Å². The van der Waals surface area contributed by atoms with Crippen molar-refractivity contribution >= 4 is 16.9 Å². The zero-order valence-corrected chi connectivity index (χ0v) is 11.0. The lowest BCUT2D eigenvalue weighted by atomic mass is 10.0. The second kappa shape index (κ2) is 3.87. The van der Waals surface area contributed by atoms with Gasteiger partial charge >= 0.3 is 5.97 Å². The molecule has 1 aliphatic rings. The number of aromatic nitrogens is 1. The summed E-state index contributed by atoms with van der Waals surface area (Å²) in [7, 11) is 1.46.